The van der Waals surface area contributed by atoms with Gasteiger partial charge in [0.1, 0.15) is 0 Å². The average Bonchev–Trinajstić information content (AvgIpc) is 2.80. The van der Waals surface area contributed by atoms with E-state index in [9.17, 15) is 4.79 Å². The van der Waals surface area contributed by atoms with Crippen molar-refractivity contribution in [2.45, 2.75) is 13.3 Å². The molecule has 2 atom stereocenters. The molecule has 2 aliphatic rings. The Kier molecular flexibility index (Phi) is 4.01. The molecule has 2 saturated heterocycles. The predicted molar refractivity (Wildman–Crippen MR) is 65.5 cm³/mol. The van der Waals surface area contributed by atoms with Gasteiger partial charge in [-0.2, -0.15) is 0 Å². The van der Waals surface area contributed by atoms with Gasteiger partial charge in [0.25, 0.3) is 0 Å². The molecule has 0 unspecified atom stereocenters. The van der Waals surface area contributed by atoms with E-state index in [4.69, 9.17) is 10.5 Å². The molecule has 17 heavy (non-hydrogen) atoms. The maximum absolute atomic E-state index is 12.7. The first-order chi connectivity index (χ1) is 8.24. The standard InChI is InChI=1S/C12H23N3O2/c1-2-15(5-4-13)11(16)12-8-14-7-10(12)3-6-17-9-12/h10,14H,2-9,13H2,1H3/t10-,12+/m1/s1. The van der Waals surface area contributed by atoms with Crippen molar-refractivity contribution in [1.29, 1.82) is 0 Å². The van der Waals surface area contributed by atoms with Crippen LogP contribution in [-0.2, 0) is 9.53 Å². The Balaban J connectivity index is 2.14. The summed E-state index contributed by atoms with van der Waals surface area (Å²) >= 11 is 0. The first-order valence-corrected chi connectivity index (χ1v) is 6.52. The molecule has 0 aromatic rings. The molecule has 0 bridgehead atoms. The van der Waals surface area contributed by atoms with Crippen LogP contribution in [0, 0.1) is 11.3 Å². The normalized spacial score (nSPS) is 32.2. The van der Waals surface area contributed by atoms with Gasteiger partial charge >= 0.3 is 0 Å². The van der Waals surface area contributed by atoms with Gasteiger partial charge in [-0.1, -0.05) is 0 Å². The summed E-state index contributed by atoms with van der Waals surface area (Å²) in [7, 11) is 0. The lowest BCUT2D eigenvalue weighted by Crippen LogP contribution is -2.54. The third kappa shape index (κ3) is 2.19. The fourth-order valence-electron chi connectivity index (χ4n) is 3.02. The highest BCUT2D eigenvalue weighted by Gasteiger charge is 2.52. The topological polar surface area (TPSA) is 67.6 Å². The third-order valence-corrected chi connectivity index (χ3v) is 4.08. The van der Waals surface area contributed by atoms with Gasteiger partial charge in [0.15, 0.2) is 0 Å². The summed E-state index contributed by atoms with van der Waals surface area (Å²) in [6.07, 6.45) is 0.985. The van der Waals surface area contributed by atoms with Gasteiger partial charge in [-0.05, 0) is 25.8 Å². The van der Waals surface area contributed by atoms with Crippen molar-refractivity contribution in [3.8, 4) is 0 Å². The fraction of sp³-hybridized carbons (Fsp3) is 0.917. The number of amides is 1. The molecule has 2 rings (SSSR count). The van der Waals surface area contributed by atoms with Crippen molar-refractivity contribution in [3.63, 3.8) is 0 Å². The largest absolute Gasteiger partial charge is 0.380 e. The van der Waals surface area contributed by atoms with Crippen molar-refractivity contribution in [2.24, 2.45) is 17.1 Å². The highest BCUT2D eigenvalue weighted by atomic mass is 16.5. The fourth-order valence-corrected chi connectivity index (χ4v) is 3.02. The van der Waals surface area contributed by atoms with E-state index in [1.807, 2.05) is 11.8 Å². The van der Waals surface area contributed by atoms with Crippen molar-refractivity contribution in [1.82, 2.24) is 10.2 Å². The van der Waals surface area contributed by atoms with E-state index in [1.165, 1.54) is 0 Å². The van der Waals surface area contributed by atoms with E-state index >= 15 is 0 Å². The SMILES string of the molecule is CCN(CCN)C(=O)[C@]12CNC[C@H]1CCOC2. The zero-order valence-electron chi connectivity index (χ0n) is 10.6. The predicted octanol–water partition coefficient (Wildman–Crippen LogP) is -0.580. The number of nitrogens with zero attached hydrogens (tertiary/aromatic N) is 1. The molecule has 0 saturated carbocycles. The van der Waals surface area contributed by atoms with E-state index in [1.54, 1.807) is 0 Å². The first-order valence-electron chi connectivity index (χ1n) is 6.52. The number of nitrogens with two attached hydrogens (primary N) is 1. The number of hydrogen-bond donors (Lipinski definition) is 2. The Labute approximate surface area is 103 Å². The lowest BCUT2D eigenvalue weighted by Gasteiger charge is -2.40. The van der Waals surface area contributed by atoms with Crippen molar-refractivity contribution >= 4 is 5.91 Å². The summed E-state index contributed by atoms with van der Waals surface area (Å²) in [6, 6.07) is 0. The van der Waals surface area contributed by atoms with Crippen molar-refractivity contribution in [2.75, 3.05) is 45.9 Å². The van der Waals surface area contributed by atoms with Crippen LogP contribution in [0.4, 0.5) is 0 Å². The smallest absolute Gasteiger partial charge is 0.232 e. The maximum Gasteiger partial charge on any atom is 0.232 e. The second kappa shape index (κ2) is 5.33. The number of fused-ring (bicyclic) bond motifs is 1. The zero-order valence-corrected chi connectivity index (χ0v) is 10.6. The molecule has 2 heterocycles. The molecule has 0 radical (unpaired) electrons. The highest BCUT2D eigenvalue weighted by molar-refractivity contribution is 5.84. The molecule has 98 valence electrons. The van der Waals surface area contributed by atoms with Crippen LogP contribution < -0.4 is 11.1 Å². The molecule has 1 amide bonds. The second-order valence-electron chi connectivity index (χ2n) is 5.00. The number of carbonyl (C=O) groups excluding carboxylic acids is 1. The van der Waals surface area contributed by atoms with Crippen LogP contribution in [0.5, 0.6) is 0 Å². The summed E-state index contributed by atoms with van der Waals surface area (Å²) in [5.74, 6) is 0.649. The molecule has 5 nitrogen and oxygen atoms in total. The molecule has 0 aromatic heterocycles. The Hall–Kier alpha value is -0.650. The van der Waals surface area contributed by atoms with Gasteiger partial charge in [0.05, 0.1) is 12.0 Å². The van der Waals surface area contributed by atoms with Gasteiger partial charge in [-0.25, -0.2) is 0 Å². The number of rotatable bonds is 4. The van der Waals surface area contributed by atoms with E-state index in [0.29, 0.717) is 25.6 Å². The Morgan fingerprint density at radius 3 is 3.18 bits per heavy atom. The van der Waals surface area contributed by atoms with Crippen LogP contribution in [0.1, 0.15) is 13.3 Å². The van der Waals surface area contributed by atoms with Gasteiger partial charge in [-0.3, -0.25) is 4.79 Å². The summed E-state index contributed by atoms with van der Waals surface area (Å²) < 4.78 is 5.56. The summed E-state index contributed by atoms with van der Waals surface area (Å²) in [5, 5.41) is 3.35. The molecule has 2 fully saturated rings. The van der Waals surface area contributed by atoms with Crippen LogP contribution in [0.2, 0.25) is 0 Å². The van der Waals surface area contributed by atoms with Gasteiger partial charge in [-0.15, -0.1) is 0 Å². The van der Waals surface area contributed by atoms with Crippen LogP contribution in [-0.4, -0.2) is 56.7 Å². The van der Waals surface area contributed by atoms with Gasteiger partial charge < -0.3 is 20.7 Å². The summed E-state index contributed by atoms with van der Waals surface area (Å²) in [6.45, 7) is 6.93. The van der Waals surface area contributed by atoms with Gasteiger partial charge in [0.2, 0.25) is 5.91 Å². The quantitative estimate of drug-likeness (QED) is 0.691. The minimum atomic E-state index is -0.330. The average molecular weight is 241 g/mol. The maximum atomic E-state index is 12.7. The van der Waals surface area contributed by atoms with Crippen LogP contribution in [0.3, 0.4) is 0 Å². The van der Waals surface area contributed by atoms with E-state index in [0.717, 1.165) is 32.7 Å². The molecule has 3 N–H and O–H groups in total. The third-order valence-electron chi connectivity index (χ3n) is 4.08. The van der Waals surface area contributed by atoms with E-state index in [-0.39, 0.29) is 11.3 Å². The van der Waals surface area contributed by atoms with E-state index in [2.05, 4.69) is 5.32 Å². The van der Waals surface area contributed by atoms with Crippen molar-refractivity contribution in [3.05, 3.63) is 0 Å². The first kappa shape index (κ1) is 12.8. The minimum Gasteiger partial charge on any atom is -0.380 e. The lowest BCUT2D eigenvalue weighted by molar-refractivity contribution is -0.152. The highest BCUT2D eigenvalue weighted by Crippen LogP contribution is 2.39. The van der Waals surface area contributed by atoms with Crippen LogP contribution in [0.15, 0.2) is 0 Å². The molecule has 0 aromatic carbocycles. The van der Waals surface area contributed by atoms with Gasteiger partial charge in [0, 0.05) is 32.8 Å². The molecule has 0 spiro atoms. The monoisotopic (exact) mass is 241 g/mol. The van der Waals surface area contributed by atoms with Crippen LogP contribution >= 0.6 is 0 Å². The number of carbonyl (C=O) groups is 1. The minimum absolute atomic E-state index is 0.222. The summed E-state index contributed by atoms with van der Waals surface area (Å²) in [5.41, 5.74) is 5.24. The molecule has 2 aliphatic heterocycles. The number of nitrogens with one attached hydrogen (secondary N) is 1. The zero-order chi connectivity index (χ0) is 12.3. The second-order valence-corrected chi connectivity index (χ2v) is 5.00. The number of ether oxygens (including phenoxy) is 1. The molecule has 5 heteroatoms. The van der Waals surface area contributed by atoms with Crippen LogP contribution in [0.25, 0.3) is 0 Å². The molecule has 0 aliphatic carbocycles. The lowest BCUT2D eigenvalue weighted by atomic mass is 9.74. The Morgan fingerprint density at radius 1 is 1.65 bits per heavy atom. The Bertz CT molecular complexity index is 285. The van der Waals surface area contributed by atoms with E-state index < -0.39 is 0 Å². The summed E-state index contributed by atoms with van der Waals surface area (Å²) in [4.78, 5) is 14.5. The molecular weight excluding hydrogens is 218 g/mol. The Morgan fingerprint density at radius 2 is 2.47 bits per heavy atom. The number of likely N-dealkylation sites (N-methyl/N-ethyl adjacent to an activating group) is 1. The molecular formula is C12H23N3O2. The number of hydrogen-bond acceptors (Lipinski definition) is 4. The van der Waals surface area contributed by atoms with Crippen molar-refractivity contribution < 1.29 is 9.53 Å².